The van der Waals surface area contributed by atoms with Crippen LogP contribution >= 0.6 is 11.3 Å². The highest BCUT2D eigenvalue weighted by molar-refractivity contribution is 7.14. The van der Waals surface area contributed by atoms with E-state index < -0.39 is 0 Å². The van der Waals surface area contributed by atoms with E-state index in [0.717, 1.165) is 23.0 Å². The van der Waals surface area contributed by atoms with Gasteiger partial charge in [-0.2, -0.15) is 0 Å². The van der Waals surface area contributed by atoms with Crippen LogP contribution in [0.2, 0.25) is 0 Å². The van der Waals surface area contributed by atoms with E-state index in [-0.39, 0.29) is 0 Å². The zero-order chi connectivity index (χ0) is 13.8. The standard InChI is InChI=1S/C15H21N3S/c1-10(2)16-6-5-14-17-18-15(19-14)13-8-11(3)7-12(4)9-13/h7-10,16H,5-6H2,1-4H3. The van der Waals surface area contributed by atoms with Gasteiger partial charge in [-0.05, 0) is 26.0 Å². The normalized spacial score (nSPS) is 11.2. The van der Waals surface area contributed by atoms with Gasteiger partial charge in [-0.1, -0.05) is 42.4 Å². The Hall–Kier alpha value is -1.26. The van der Waals surface area contributed by atoms with E-state index in [4.69, 9.17) is 0 Å². The lowest BCUT2D eigenvalue weighted by molar-refractivity contribution is 0.588. The average molecular weight is 275 g/mol. The second kappa shape index (κ2) is 6.26. The molecule has 0 saturated heterocycles. The molecule has 0 fully saturated rings. The molecule has 0 aliphatic heterocycles. The Balaban J connectivity index is 2.07. The third-order valence-corrected chi connectivity index (χ3v) is 3.86. The maximum atomic E-state index is 4.31. The van der Waals surface area contributed by atoms with Crippen LogP contribution in [0.25, 0.3) is 10.6 Å². The van der Waals surface area contributed by atoms with Crippen LogP contribution in [0.15, 0.2) is 18.2 Å². The summed E-state index contributed by atoms with van der Waals surface area (Å²) < 4.78 is 0. The highest BCUT2D eigenvalue weighted by atomic mass is 32.1. The first kappa shape index (κ1) is 14.2. The minimum absolute atomic E-state index is 0.520. The lowest BCUT2D eigenvalue weighted by Crippen LogP contribution is -2.24. The van der Waals surface area contributed by atoms with Crippen molar-refractivity contribution in [1.82, 2.24) is 15.5 Å². The van der Waals surface area contributed by atoms with Crippen molar-refractivity contribution in [3.63, 3.8) is 0 Å². The molecule has 0 amide bonds. The van der Waals surface area contributed by atoms with Gasteiger partial charge in [-0.3, -0.25) is 0 Å². The summed E-state index contributed by atoms with van der Waals surface area (Å²) in [5.74, 6) is 0. The highest BCUT2D eigenvalue weighted by Crippen LogP contribution is 2.25. The molecule has 3 nitrogen and oxygen atoms in total. The molecule has 0 unspecified atom stereocenters. The highest BCUT2D eigenvalue weighted by Gasteiger charge is 2.07. The van der Waals surface area contributed by atoms with Gasteiger partial charge in [0.15, 0.2) is 0 Å². The summed E-state index contributed by atoms with van der Waals surface area (Å²) >= 11 is 1.69. The van der Waals surface area contributed by atoms with E-state index in [1.165, 1.54) is 16.7 Å². The number of aromatic nitrogens is 2. The van der Waals surface area contributed by atoms with Crippen LogP contribution in [0, 0.1) is 13.8 Å². The van der Waals surface area contributed by atoms with Gasteiger partial charge >= 0.3 is 0 Å². The SMILES string of the molecule is Cc1cc(C)cc(-c2nnc(CCNC(C)C)s2)c1. The first-order valence-corrected chi connectivity index (χ1v) is 7.50. The predicted octanol–water partition coefficient (Wildman–Crippen LogP) is 3.36. The van der Waals surface area contributed by atoms with Crippen LogP contribution in [0.4, 0.5) is 0 Å². The molecule has 0 radical (unpaired) electrons. The lowest BCUT2D eigenvalue weighted by Gasteiger charge is -2.05. The van der Waals surface area contributed by atoms with Crippen molar-refractivity contribution in [2.75, 3.05) is 6.54 Å². The van der Waals surface area contributed by atoms with Gasteiger partial charge in [0.25, 0.3) is 0 Å². The summed E-state index contributed by atoms with van der Waals surface area (Å²) in [6, 6.07) is 7.04. The third kappa shape index (κ3) is 4.11. The molecule has 0 aliphatic carbocycles. The summed E-state index contributed by atoms with van der Waals surface area (Å²) in [6.45, 7) is 9.50. The zero-order valence-corrected chi connectivity index (χ0v) is 12.8. The van der Waals surface area contributed by atoms with Gasteiger partial charge < -0.3 is 5.32 Å². The van der Waals surface area contributed by atoms with E-state index >= 15 is 0 Å². The van der Waals surface area contributed by atoms with Crippen LogP contribution in [0.3, 0.4) is 0 Å². The summed E-state index contributed by atoms with van der Waals surface area (Å²) in [7, 11) is 0. The maximum absolute atomic E-state index is 4.31. The van der Waals surface area contributed by atoms with E-state index in [0.29, 0.717) is 6.04 Å². The van der Waals surface area contributed by atoms with Crippen LogP contribution in [0.5, 0.6) is 0 Å². The predicted molar refractivity (Wildman–Crippen MR) is 81.7 cm³/mol. The molecule has 1 aromatic carbocycles. The Kier molecular flexibility index (Phi) is 4.66. The minimum atomic E-state index is 0.520. The fourth-order valence-corrected chi connectivity index (χ4v) is 2.86. The van der Waals surface area contributed by atoms with Crippen LogP contribution < -0.4 is 5.32 Å². The van der Waals surface area contributed by atoms with Crippen molar-refractivity contribution in [2.24, 2.45) is 0 Å². The number of hydrogen-bond donors (Lipinski definition) is 1. The Morgan fingerprint density at radius 3 is 2.42 bits per heavy atom. The van der Waals surface area contributed by atoms with Crippen molar-refractivity contribution in [2.45, 2.75) is 40.2 Å². The molecule has 2 rings (SSSR count). The Morgan fingerprint density at radius 1 is 1.11 bits per heavy atom. The van der Waals surface area contributed by atoms with Gasteiger partial charge in [-0.15, -0.1) is 10.2 Å². The smallest absolute Gasteiger partial charge is 0.147 e. The second-order valence-corrected chi connectivity index (χ2v) is 6.30. The molecule has 0 bridgehead atoms. The third-order valence-electron chi connectivity index (χ3n) is 2.83. The molecule has 2 aromatic rings. The number of hydrogen-bond acceptors (Lipinski definition) is 4. The van der Waals surface area contributed by atoms with E-state index in [9.17, 15) is 0 Å². The Labute approximate surface area is 119 Å². The zero-order valence-electron chi connectivity index (χ0n) is 12.0. The molecule has 19 heavy (non-hydrogen) atoms. The molecule has 1 heterocycles. The number of nitrogens with zero attached hydrogens (tertiary/aromatic N) is 2. The maximum Gasteiger partial charge on any atom is 0.147 e. The molecule has 0 saturated carbocycles. The summed E-state index contributed by atoms with van der Waals surface area (Å²) in [6.07, 6.45) is 0.945. The summed E-state index contributed by atoms with van der Waals surface area (Å²) in [5, 5.41) is 14.1. The first-order valence-electron chi connectivity index (χ1n) is 6.69. The van der Waals surface area contributed by atoms with Crippen molar-refractivity contribution in [3.8, 4) is 10.6 Å². The summed E-state index contributed by atoms with van der Waals surface area (Å²) in [4.78, 5) is 0. The average Bonchev–Trinajstić information content (AvgIpc) is 2.76. The molecule has 0 atom stereocenters. The van der Waals surface area contributed by atoms with Crippen molar-refractivity contribution >= 4 is 11.3 Å². The van der Waals surface area contributed by atoms with Gasteiger partial charge in [0, 0.05) is 24.6 Å². The monoisotopic (exact) mass is 275 g/mol. The Bertz CT molecular complexity index is 526. The fraction of sp³-hybridized carbons (Fsp3) is 0.467. The molecule has 0 aliphatic rings. The van der Waals surface area contributed by atoms with E-state index in [1.807, 2.05) is 0 Å². The largest absolute Gasteiger partial charge is 0.314 e. The van der Waals surface area contributed by atoms with Gasteiger partial charge in [-0.25, -0.2) is 0 Å². The first-order chi connectivity index (χ1) is 9.04. The van der Waals surface area contributed by atoms with Crippen molar-refractivity contribution < 1.29 is 0 Å². The molecule has 0 spiro atoms. The van der Waals surface area contributed by atoms with E-state index in [2.05, 4.69) is 61.4 Å². The quantitative estimate of drug-likeness (QED) is 0.909. The van der Waals surface area contributed by atoms with Crippen molar-refractivity contribution in [3.05, 3.63) is 34.3 Å². The molecule has 1 N–H and O–H groups in total. The minimum Gasteiger partial charge on any atom is -0.314 e. The topological polar surface area (TPSA) is 37.8 Å². The summed E-state index contributed by atoms with van der Waals surface area (Å²) in [5.41, 5.74) is 3.72. The molecule has 102 valence electrons. The van der Waals surface area contributed by atoms with Crippen molar-refractivity contribution in [1.29, 1.82) is 0 Å². The van der Waals surface area contributed by atoms with Gasteiger partial charge in [0.05, 0.1) is 0 Å². The fourth-order valence-electron chi connectivity index (χ4n) is 2.04. The number of aryl methyl sites for hydroxylation is 2. The second-order valence-electron chi connectivity index (χ2n) is 5.24. The molecular formula is C15H21N3S. The van der Waals surface area contributed by atoms with Crippen LogP contribution in [-0.2, 0) is 6.42 Å². The molecular weight excluding hydrogens is 254 g/mol. The lowest BCUT2D eigenvalue weighted by atomic mass is 10.1. The molecule has 4 heteroatoms. The number of rotatable bonds is 5. The van der Waals surface area contributed by atoms with Crippen LogP contribution in [-0.4, -0.2) is 22.8 Å². The molecule has 1 aromatic heterocycles. The van der Waals surface area contributed by atoms with Gasteiger partial charge in [0.2, 0.25) is 0 Å². The Morgan fingerprint density at radius 2 is 1.79 bits per heavy atom. The van der Waals surface area contributed by atoms with Crippen LogP contribution in [0.1, 0.15) is 30.0 Å². The number of nitrogens with one attached hydrogen (secondary N) is 1. The van der Waals surface area contributed by atoms with Gasteiger partial charge in [0.1, 0.15) is 10.0 Å². The van der Waals surface area contributed by atoms with E-state index in [1.54, 1.807) is 11.3 Å². The number of benzene rings is 1.